The highest BCUT2D eigenvalue weighted by Gasteiger charge is 2.11. The molecule has 0 aliphatic heterocycles. The van der Waals surface area contributed by atoms with E-state index in [9.17, 15) is 0 Å². The van der Waals surface area contributed by atoms with E-state index in [2.05, 4.69) is 25.5 Å². The summed E-state index contributed by atoms with van der Waals surface area (Å²) in [4.78, 5) is 17.0. The number of aromatic nitrogens is 4. The first-order valence-electron chi connectivity index (χ1n) is 7.59. The molecule has 0 saturated carbocycles. The highest BCUT2D eigenvalue weighted by Crippen LogP contribution is 2.32. The Balaban J connectivity index is 0.000000447. The van der Waals surface area contributed by atoms with E-state index >= 15 is 0 Å². The smallest absolute Gasteiger partial charge is 0.300 e. The molecule has 9 heteroatoms. The van der Waals surface area contributed by atoms with E-state index in [4.69, 9.17) is 20.1 Å². The minimum Gasteiger partial charge on any atom is -0.481 e. The van der Waals surface area contributed by atoms with Crippen molar-refractivity contribution < 1.29 is 14.3 Å². The number of aliphatic carboxylic acids is 1. The van der Waals surface area contributed by atoms with E-state index in [1.807, 2.05) is 24.3 Å². The van der Waals surface area contributed by atoms with E-state index in [0.29, 0.717) is 5.82 Å². The molecule has 0 spiro atoms. The van der Waals surface area contributed by atoms with Crippen LogP contribution in [-0.2, 0) is 4.79 Å². The number of furan rings is 1. The second kappa shape index (κ2) is 7.34. The Labute approximate surface area is 147 Å². The van der Waals surface area contributed by atoms with Crippen LogP contribution in [0.15, 0.2) is 53.4 Å². The Bertz CT molecular complexity index is 1020. The predicted octanol–water partition coefficient (Wildman–Crippen LogP) is 3.03. The first kappa shape index (κ1) is 17.0. The lowest BCUT2D eigenvalue weighted by Gasteiger charge is -2.08. The molecule has 132 valence electrons. The summed E-state index contributed by atoms with van der Waals surface area (Å²) in [6.45, 7) is 1.08. The number of aromatic amines is 1. The molecule has 0 fully saturated rings. The molecule has 3 aromatic heterocycles. The number of fused-ring (bicyclic) bond motifs is 1. The summed E-state index contributed by atoms with van der Waals surface area (Å²) in [5.74, 6) is 0.779. The number of hydrogen-bond donors (Lipinski definition) is 4. The van der Waals surface area contributed by atoms with Gasteiger partial charge in [0.1, 0.15) is 11.6 Å². The number of carboxylic acid groups (broad SMARTS) is 1. The Morgan fingerprint density at radius 2 is 2.15 bits per heavy atom. The first-order valence-corrected chi connectivity index (χ1v) is 7.59. The molecule has 0 amide bonds. The van der Waals surface area contributed by atoms with Gasteiger partial charge < -0.3 is 20.6 Å². The van der Waals surface area contributed by atoms with Crippen LogP contribution in [0.5, 0.6) is 0 Å². The maximum Gasteiger partial charge on any atom is 0.300 e. The number of anilines is 3. The Morgan fingerprint density at radius 3 is 2.85 bits per heavy atom. The zero-order valence-electron chi connectivity index (χ0n) is 13.8. The minimum absolute atomic E-state index is 0.223. The van der Waals surface area contributed by atoms with Crippen molar-refractivity contribution in [3.63, 3.8) is 0 Å². The number of benzene rings is 1. The molecule has 4 aromatic rings. The topological polar surface area (TPSA) is 143 Å². The van der Waals surface area contributed by atoms with Gasteiger partial charge >= 0.3 is 0 Å². The third-order valence-electron chi connectivity index (χ3n) is 3.28. The van der Waals surface area contributed by atoms with Gasteiger partial charge in [0, 0.05) is 29.8 Å². The van der Waals surface area contributed by atoms with Gasteiger partial charge in [-0.05, 0) is 30.3 Å². The quantitative estimate of drug-likeness (QED) is 0.440. The van der Waals surface area contributed by atoms with Crippen LogP contribution in [0.4, 0.5) is 17.5 Å². The summed E-state index contributed by atoms with van der Waals surface area (Å²) < 4.78 is 5.50. The summed E-state index contributed by atoms with van der Waals surface area (Å²) in [6, 6.07) is 9.45. The number of carbonyl (C=O) groups is 1. The maximum absolute atomic E-state index is 9.00. The number of nitrogens with zero attached hydrogens (tertiary/aromatic N) is 3. The number of nitrogen functional groups attached to an aromatic ring is 1. The van der Waals surface area contributed by atoms with Crippen LogP contribution in [0.25, 0.3) is 22.2 Å². The molecule has 4 rings (SSSR count). The lowest BCUT2D eigenvalue weighted by molar-refractivity contribution is -0.134. The molecule has 0 aliphatic carbocycles. The van der Waals surface area contributed by atoms with Crippen LogP contribution < -0.4 is 11.1 Å². The Morgan fingerprint density at radius 1 is 1.35 bits per heavy atom. The van der Waals surface area contributed by atoms with Gasteiger partial charge in [-0.3, -0.25) is 9.89 Å². The van der Waals surface area contributed by atoms with Gasteiger partial charge in [0.25, 0.3) is 5.97 Å². The van der Waals surface area contributed by atoms with Crippen LogP contribution in [-0.4, -0.2) is 31.2 Å². The SMILES string of the molecule is CC(=O)O.Nc1nccc(Nc2cc(-c3ccco3)c3[nH]ncc3c2)n1. The second-order valence-corrected chi connectivity index (χ2v) is 5.28. The standard InChI is InChI=1S/C15H12N6O.C2H4O2/c16-15-17-4-3-13(20-15)19-10-6-9-8-18-21-14(9)11(7-10)12-2-1-5-22-12;1-2(3)4/h1-8H,(H,18,21)(H3,16,17,19,20);1H3,(H,3,4). The van der Waals surface area contributed by atoms with E-state index in [-0.39, 0.29) is 5.95 Å². The van der Waals surface area contributed by atoms with Crippen molar-refractivity contribution in [2.75, 3.05) is 11.1 Å². The largest absolute Gasteiger partial charge is 0.481 e. The number of H-pyrrole nitrogens is 1. The van der Waals surface area contributed by atoms with Crippen molar-refractivity contribution in [2.24, 2.45) is 0 Å². The molecular weight excluding hydrogens is 336 g/mol. The fraction of sp³-hybridized carbons (Fsp3) is 0.0588. The summed E-state index contributed by atoms with van der Waals surface area (Å²) in [6.07, 6.45) is 5.01. The zero-order chi connectivity index (χ0) is 18.5. The van der Waals surface area contributed by atoms with Crippen LogP contribution >= 0.6 is 0 Å². The van der Waals surface area contributed by atoms with Crippen molar-refractivity contribution in [3.05, 3.63) is 49.0 Å². The molecule has 26 heavy (non-hydrogen) atoms. The number of hydrogen-bond acceptors (Lipinski definition) is 7. The van der Waals surface area contributed by atoms with Crippen LogP contribution in [0.3, 0.4) is 0 Å². The molecule has 3 heterocycles. The van der Waals surface area contributed by atoms with E-state index < -0.39 is 5.97 Å². The highest BCUT2D eigenvalue weighted by atomic mass is 16.4. The summed E-state index contributed by atoms with van der Waals surface area (Å²) >= 11 is 0. The molecule has 0 radical (unpaired) electrons. The fourth-order valence-electron chi connectivity index (χ4n) is 2.35. The number of nitrogens with one attached hydrogen (secondary N) is 2. The maximum atomic E-state index is 9.00. The number of nitrogens with two attached hydrogens (primary N) is 1. The van der Waals surface area contributed by atoms with Gasteiger partial charge in [-0.1, -0.05) is 0 Å². The normalized spacial score (nSPS) is 10.2. The van der Waals surface area contributed by atoms with Gasteiger partial charge in [0.15, 0.2) is 0 Å². The van der Waals surface area contributed by atoms with Gasteiger partial charge in [-0.25, -0.2) is 4.98 Å². The van der Waals surface area contributed by atoms with Crippen molar-refractivity contribution in [2.45, 2.75) is 6.92 Å². The van der Waals surface area contributed by atoms with Gasteiger partial charge in [-0.2, -0.15) is 10.1 Å². The molecular formula is C17H16N6O3. The predicted molar refractivity (Wildman–Crippen MR) is 96.8 cm³/mol. The molecule has 9 nitrogen and oxygen atoms in total. The monoisotopic (exact) mass is 352 g/mol. The van der Waals surface area contributed by atoms with E-state index in [0.717, 1.165) is 34.8 Å². The van der Waals surface area contributed by atoms with E-state index in [1.54, 1.807) is 24.7 Å². The summed E-state index contributed by atoms with van der Waals surface area (Å²) in [5, 5.41) is 18.7. The number of rotatable bonds is 3. The van der Waals surface area contributed by atoms with Crippen molar-refractivity contribution in [1.29, 1.82) is 0 Å². The lowest BCUT2D eigenvalue weighted by atomic mass is 10.1. The van der Waals surface area contributed by atoms with Crippen LogP contribution in [0.1, 0.15) is 6.92 Å². The molecule has 0 atom stereocenters. The Hall–Kier alpha value is -3.88. The first-order chi connectivity index (χ1) is 12.5. The third-order valence-corrected chi connectivity index (χ3v) is 3.28. The zero-order valence-corrected chi connectivity index (χ0v) is 13.8. The second-order valence-electron chi connectivity index (χ2n) is 5.28. The fourth-order valence-corrected chi connectivity index (χ4v) is 2.35. The number of carboxylic acids is 1. The summed E-state index contributed by atoms with van der Waals surface area (Å²) in [5.41, 5.74) is 8.30. The molecule has 5 N–H and O–H groups in total. The van der Waals surface area contributed by atoms with Crippen molar-refractivity contribution in [1.82, 2.24) is 20.2 Å². The van der Waals surface area contributed by atoms with Crippen molar-refractivity contribution in [3.8, 4) is 11.3 Å². The van der Waals surface area contributed by atoms with Gasteiger partial charge in [0.2, 0.25) is 5.95 Å². The average molecular weight is 352 g/mol. The third kappa shape index (κ3) is 3.96. The lowest BCUT2D eigenvalue weighted by Crippen LogP contribution is -1.99. The molecule has 0 bridgehead atoms. The highest BCUT2D eigenvalue weighted by molar-refractivity contribution is 5.95. The Kier molecular flexibility index (Phi) is 4.79. The molecule has 0 saturated heterocycles. The van der Waals surface area contributed by atoms with Gasteiger partial charge in [0.05, 0.1) is 18.0 Å². The van der Waals surface area contributed by atoms with Crippen LogP contribution in [0.2, 0.25) is 0 Å². The summed E-state index contributed by atoms with van der Waals surface area (Å²) in [7, 11) is 0. The van der Waals surface area contributed by atoms with Crippen molar-refractivity contribution >= 4 is 34.3 Å². The molecule has 1 aromatic carbocycles. The molecule has 0 aliphatic rings. The molecule has 0 unspecified atom stereocenters. The van der Waals surface area contributed by atoms with E-state index in [1.165, 1.54) is 0 Å². The average Bonchev–Trinajstić information content (AvgIpc) is 3.25. The minimum atomic E-state index is -0.833. The van der Waals surface area contributed by atoms with Crippen LogP contribution in [0, 0.1) is 0 Å². The van der Waals surface area contributed by atoms with Gasteiger partial charge in [-0.15, -0.1) is 0 Å².